The molecule has 0 saturated heterocycles. The van der Waals surface area contributed by atoms with Crippen molar-refractivity contribution in [3.8, 4) is 0 Å². The fourth-order valence-corrected chi connectivity index (χ4v) is 3.89. The fourth-order valence-electron chi connectivity index (χ4n) is 1.32. The van der Waals surface area contributed by atoms with Crippen LogP contribution in [0.4, 0.5) is 0 Å². The SMILES string of the molecule is O=C(O)c1cn[nH]c1S(=O)(=O)NCc1cc(Br)cs1. The number of aromatic nitrogens is 2. The van der Waals surface area contributed by atoms with Crippen LogP contribution in [0.15, 0.2) is 27.1 Å². The molecular formula is C9H8BrN3O4S2. The lowest BCUT2D eigenvalue weighted by molar-refractivity contribution is 0.0692. The summed E-state index contributed by atoms with van der Waals surface area (Å²) in [7, 11) is -3.94. The van der Waals surface area contributed by atoms with Crippen LogP contribution in [0.1, 0.15) is 15.2 Å². The molecular weight excluding hydrogens is 358 g/mol. The average molecular weight is 366 g/mol. The van der Waals surface area contributed by atoms with Crippen molar-refractivity contribution in [3.63, 3.8) is 0 Å². The zero-order valence-corrected chi connectivity index (χ0v) is 12.5. The van der Waals surface area contributed by atoms with Gasteiger partial charge in [-0.05, 0) is 22.0 Å². The summed E-state index contributed by atoms with van der Waals surface area (Å²) in [6.45, 7) is 0.0800. The lowest BCUT2D eigenvalue weighted by Gasteiger charge is -2.04. The molecule has 3 N–H and O–H groups in total. The summed E-state index contributed by atoms with van der Waals surface area (Å²) in [5.74, 6) is -1.35. The van der Waals surface area contributed by atoms with E-state index >= 15 is 0 Å². The zero-order valence-electron chi connectivity index (χ0n) is 9.25. The maximum absolute atomic E-state index is 11.9. The van der Waals surface area contributed by atoms with Crippen LogP contribution >= 0.6 is 27.3 Å². The minimum absolute atomic E-state index is 0.0800. The van der Waals surface area contributed by atoms with Crippen molar-refractivity contribution >= 4 is 43.3 Å². The highest BCUT2D eigenvalue weighted by Crippen LogP contribution is 2.20. The number of hydrogen-bond donors (Lipinski definition) is 3. The Hall–Kier alpha value is -1.23. The van der Waals surface area contributed by atoms with Gasteiger partial charge in [-0.25, -0.2) is 17.9 Å². The van der Waals surface area contributed by atoms with Gasteiger partial charge in [0.2, 0.25) is 0 Å². The third-order valence-corrected chi connectivity index (χ3v) is 5.23. The Balaban J connectivity index is 2.18. The molecule has 7 nitrogen and oxygen atoms in total. The van der Waals surface area contributed by atoms with Gasteiger partial charge in [0.25, 0.3) is 10.0 Å². The molecule has 0 atom stereocenters. The summed E-state index contributed by atoms with van der Waals surface area (Å²) in [6, 6.07) is 1.78. The van der Waals surface area contributed by atoms with E-state index in [1.165, 1.54) is 11.3 Å². The first-order valence-electron chi connectivity index (χ1n) is 4.89. The van der Waals surface area contributed by atoms with Crippen LogP contribution in [0.2, 0.25) is 0 Å². The molecule has 0 saturated carbocycles. The molecule has 2 rings (SSSR count). The van der Waals surface area contributed by atoms with E-state index in [0.717, 1.165) is 15.5 Å². The van der Waals surface area contributed by atoms with E-state index in [1.807, 2.05) is 5.38 Å². The number of carboxylic acid groups (broad SMARTS) is 1. The Morgan fingerprint density at radius 1 is 1.58 bits per heavy atom. The Kier molecular flexibility index (Phi) is 4.04. The number of aromatic amines is 1. The van der Waals surface area contributed by atoms with E-state index in [-0.39, 0.29) is 12.1 Å². The highest BCUT2D eigenvalue weighted by molar-refractivity contribution is 9.10. The molecule has 2 heterocycles. The number of sulfonamides is 1. The van der Waals surface area contributed by atoms with E-state index in [4.69, 9.17) is 5.11 Å². The number of halogens is 1. The summed E-state index contributed by atoms with van der Waals surface area (Å²) < 4.78 is 27.1. The first-order chi connectivity index (χ1) is 8.90. The molecule has 0 aliphatic rings. The van der Waals surface area contributed by atoms with Gasteiger partial charge in [0, 0.05) is 21.3 Å². The first kappa shape index (κ1) is 14.2. The molecule has 10 heteroatoms. The third-order valence-electron chi connectivity index (χ3n) is 2.16. The maximum Gasteiger partial charge on any atom is 0.340 e. The van der Waals surface area contributed by atoms with Gasteiger partial charge < -0.3 is 5.11 Å². The van der Waals surface area contributed by atoms with Crippen molar-refractivity contribution in [2.24, 2.45) is 0 Å². The van der Waals surface area contributed by atoms with Crippen LogP contribution in [0, 0.1) is 0 Å². The smallest absolute Gasteiger partial charge is 0.340 e. The minimum Gasteiger partial charge on any atom is -0.478 e. The first-order valence-corrected chi connectivity index (χ1v) is 8.05. The molecule has 102 valence electrons. The molecule has 2 aromatic rings. The number of rotatable bonds is 5. The topological polar surface area (TPSA) is 112 Å². The van der Waals surface area contributed by atoms with E-state index < -0.39 is 21.0 Å². The number of carbonyl (C=O) groups is 1. The molecule has 2 aromatic heterocycles. The van der Waals surface area contributed by atoms with Gasteiger partial charge in [0.1, 0.15) is 5.56 Å². The monoisotopic (exact) mass is 365 g/mol. The lowest BCUT2D eigenvalue weighted by atomic mass is 10.4. The number of hydrogen-bond acceptors (Lipinski definition) is 5. The van der Waals surface area contributed by atoms with Gasteiger partial charge in [0.15, 0.2) is 5.03 Å². The number of carboxylic acids is 1. The number of nitrogens with one attached hydrogen (secondary N) is 2. The van der Waals surface area contributed by atoms with Crippen molar-refractivity contribution in [1.29, 1.82) is 0 Å². The average Bonchev–Trinajstić information content (AvgIpc) is 2.94. The van der Waals surface area contributed by atoms with Gasteiger partial charge >= 0.3 is 5.97 Å². The Morgan fingerprint density at radius 3 is 2.89 bits per heavy atom. The van der Waals surface area contributed by atoms with Crippen LogP contribution in [-0.2, 0) is 16.6 Å². The zero-order chi connectivity index (χ0) is 14.0. The van der Waals surface area contributed by atoms with Crippen molar-refractivity contribution in [2.45, 2.75) is 11.6 Å². The van der Waals surface area contributed by atoms with Crippen LogP contribution in [0.25, 0.3) is 0 Å². The molecule has 0 spiro atoms. The Morgan fingerprint density at radius 2 is 2.32 bits per heavy atom. The summed E-state index contributed by atoms with van der Waals surface area (Å²) in [5, 5.41) is 15.8. The second kappa shape index (κ2) is 5.41. The highest BCUT2D eigenvalue weighted by atomic mass is 79.9. The van der Waals surface area contributed by atoms with E-state index in [0.29, 0.717) is 0 Å². The predicted octanol–water partition coefficient (Wildman–Crippen LogP) is 1.41. The Bertz CT molecular complexity index is 707. The largest absolute Gasteiger partial charge is 0.478 e. The highest BCUT2D eigenvalue weighted by Gasteiger charge is 2.24. The lowest BCUT2D eigenvalue weighted by Crippen LogP contribution is -2.24. The Labute approximate surface area is 120 Å². The van der Waals surface area contributed by atoms with Crippen molar-refractivity contribution in [3.05, 3.63) is 32.6 Å². The van der Waals surface area contributed by atoms with Crippen molar-refractivity contribution in [1.82, 2.24) is 14.9 Å². The molecule has 0 aliphatic carbocycles. The van der Waals surface area contributed by atoms with Crippen LogP contribution < -0.4 is 4.72 Å². The van der Waals surface area contributed by atoms with Gasteiger partial charge in [-0.15, -0.1) is 11.3 Å². The quantitative estimate of drug-likeness (QED) is 0.741. The number of aromatic carboxylic acids is 1. The standard InChI is InChI=1S/C9H8BrN3O4S2/c10-5-1-6(18-4-5)2-12-19(16,17)8-7(9(14)15)3-11-13-8/h1,3-4,12H,2H2,(H,11,13)(H,14,15). The minimum atomic E-state index is -3.94. The van der Waals surface area contributed by atoms with Crippen LogP contribution in [-0.4, -0.2) is 29.7 Å². The fraction of sp³-hybridized carbons (Fsp3) is 0.111. The molecule has 0 aliphatic heterocycles. The number of thiophene rings is 1. The molecule has 0 fully saturated rings. The molecule has 19 heavy (non-hydrogen) atoms. The van der Waals surface area contributed by atoms with Crippen LogP contribution in [0.3, 0.4) is 0 Å². The van der Waals surface area contributed by atoms with E-state index in [2.05, 4.69) is 30.8 Å². The van der Waals surface area contributed by atoms with Gasteiger partial charge in [-0.1, -0.05) is 0 Å². The summed E-state index contributed by atoms with van der Waals surface area (Å²) >= 11 is 4.64. The van der Waals surface area contributed by atoms with Crippen LogP contribution in [0.5, 0.6) is 0 Å². The maximum atomic E-state index is 11.9. The number of nitrogens with zero attached hydrogens (tertiary/aromatic N) is 1. The molecule has 0 radical (unpaired) electrons. The van der Waals surface area contributed by atoms with E-state index in [1.54, 1.807) is 6.07 Å². The second-order valence-corrected chi connectivity index (χ2v) is 7.09. The van der Waals surface area contributed by atoms with E-state index in [9.17, 15) is 13.2 Å². The van der Waals surface area contributed by atoms with Gasteiger partial charge in [-0.3, -0.25) is 5.10 Å². The van der Waals surface area contributed by atoms with Gasteiger partial charge in [-0.2, -0.15) is 5.10 Å². The third kappa shape index (κ3) is 3.21. The van der Waals surface area contributed by atoms with Crippen molar-refractivity contribution < 1.29 is 18.3 Å². The summed E-state index contributed by atoms with van der Waals surface area (Å²) in [5.41, 5.74) is -0.389. The number of H-pyrrole nitrogens is 1. The normalized spacial score (nSPS) is 11.6. The molecule has 0 bridgehead atoms. The van der Waals surface area contributed by atoms with Gasteiger partial charge in [0.05, 0.1) is 6.20 Å². The molecule has 0 aromatic carbocycles. The molecule has 0 amide bonds. The van der Waals surface area contributed by atoms with Crippen molar-refractivity contribution in [2.75, 3.05) is 0 Å². The summed E-state index contributed by atoms with van der Waals surface area (Å²) in [4.78, 5) is 11.6. The predicted molar refractivity (Wildman–Crippen MR) is 71.6 cm³/mol. The second-order valence-electron chi connectivity index (χ2n) is 3.47. The molecule has 0 unspecified atom stereocenters. The summed E-state index contributed by atoms with van der Waals surface area (Å²) in [6.07, 6.45) is 0.957.